The van der Waals surface area contributed by atoms with Gasteiger partial charge in [-0.3, -0.25) is 14.7 Å². The third-order valence-electron chi connectivity index (χ3n) is 5.92. The first-order valence-electron chi connectivity index (χ1n) is 10.7. The first kappa shape index (κ1) is 26.5. The fraction of sp³-hybridized carbons (Fsp3) is 0.261. The van der Waals surface area contributed by atoms with Gasteiger partial charge >= 0.3 is 6.18 Å². The summed E-state index contributed by atoms with van der Waals surface area (Å²) in [6, 6.07) is 5.08. The van der Waals surface area contributed by atoms with Crippen LogP contribution in [0.25, 0.3) is 11.3 Å². The molecule has 2 unspecified atom stereocenters. The van der Waals surface area contributed by atoms with Crippen LogP contribution in [0.1, 0.15) is 17.7 Å². The molecule has 196 valence electrons. The van der Waals surface area contributed by atoms with Gasteiger partial charge in [0, 0.05) is 30.9 Å². The van der Waals surface area contributed by atoms with Gasteiger partial charge in [-0.05, 0) is 48.4 Å². The number of halogens is 6. The van der Waals surface area contributed by atoms with Gasteiger partial charge in [0.05, 0.1) is 17.0 Å². The number of hydrogen-bond acceptors (Lipinski definition) is 6. The molecule has 0 radical (unpaired) electrons. The number of pyridine rings is 2. The van der Waals surface area contributed by atoms with Crippen LogP contribution in [0.5, 0.6) is 0 Å². The highest BCUT2D eigenvalue weighted by Crippen LogP contribution is 2.32. The molecule has 0 saturated carbocycles. The number of primary amides is 1. The number of alkyl halides is 3. The summed E-state index contributed by atoms with van der Waals surface area (Å²) < 4.78 is 106. The highest BCUT2D eigenvalue weighted by Gasteiger charge is 2.43. The largest absolute Gasteiger partial charge is 0.433 e. The predicted octanol–water partition coefficient (Wildman–Crippen LogP) is 3.48. The maximum absolute atomic E-state index is 14.3. The lowest BCUT2D eigenvalue weighted by Crippen LogP contribution is -2.39. The van der Waals surface area contributed by atoms with Crippen LogP contribution in [0.15, 0.2) is 53.6 Å². The molecule has 1 aliphatic heterocycles. The number of amides is 1. The summed E-state index contributed by atoms with van der Waals surface area (Å²) >= 11 is 0. The molecule has 2 N–H and O–H groups in total. The smallest absolute Gasteiger partial charge is 0.368 e. The molecule has 0 spiro atoms. The van der Waals surface area contributed by atoms with Gasteiger partial charge < -0.3 is 5.73 Å². The average molecular weight is 544 g/mol. The van der Waals surface area contributed by atoms with Crippen molar-refractivity contribution in [1.29, 1.82) is 0 Å². The van der Waals surface area contributed by atoms with E-state index in [4.69, 9.17) is 5.73 Å². The highest BCUT2D eigenvalue weighted by atomic mass is 32.2. The van der Waals surface area contributed by atoms with Gasteiger partial charge in [-0.1, -0.05) is 0 Å². The lowest BCUT2D eigenvalue weighted by Gasteiger charge is -2.22. The van der Waals surface area contributed by atoms with E-state index in [1.807, 2.05) is 0 Å². The Kier molecular flexibility index (Phi) is 6.99. The van der Waals surface area contributed by atoms with Gasteiger partial charge in [-0.2, -0.15) is 17.6 Å². The Morgan fingerprint density at radius 2 is 1.81 bits per heavy atom. The maximum atomic E-state index is 14.3. The molecule has 0 bridgehead atoms. The number of carbonyl (C=O) groups is 1. The number of likely N-dealkylation sites (tertiary alicyclic amines) is 1. The van der Waals surface area contributed by atoms with E-state index in [1.165, 1.54) is 11.0 Å². The van der Waals surface area contributed by atoms with Crippen molar-refractivity contribution in [3.05, 3.63) is 77.5 Å². The Labute approximate surface area is 206 Å². The molecule has 37 heavy (non-hydrogen) atoms. The van der Waals surface area contributed by atoms with E-state index in [1.54, 1.807) is 0 Å². The number of rotatable bonds is 6. The molecule has 2 aromatic heterocycles. The topological polar surface area (TPSA) is 106 Å². The van der Waals surface area contributed by atoms with Crippen molar-refractivity contribution in [3.63, 3.8) is 0 Å². The summed E-state index contributed by atoms with van der Waals surface area (Å²) in [4.78, 5) is 19.7. The lowest BCUT2D eigenvalue weighted by molar-refractivity contribution is -0.141. The highest BCUT2D eigenvalue weighted by molar-refractivity contribution is 7.92. The average Bonchev–Trinajstić information content (AvgIpc) is 3.23. The number of nitrogens with two attached hydrogens (primary N) is 1. The van der Waals surface area contributed by atoms with Crippen molar-refractivity contribution in [1.82, 2.24) is 14.9 Å². The lowest BCUT2D eigenvalue weighted by atomic mass is 10.1. The summed E-state index contributed by atoms with van der Waals surface area (Å²) in [6.45, 7) is -0.445. The zero-order valence-corrected chi connectivity index (χ0v) is 19.5. The summed E-state index contributed by atoms with van der Waals surface area (Å²) in [6.07, 6.45) is -4.06. The van der Waals surface area contributed by atoms with Gasteiger partial charge in [0.25, 0.3) is 0 Å². The Bertz CT molecular complexity index is 1450. The van der Waals surface area contributed by atoms with Crippen molar-refractivity contribution < 1.29 is 39.6 Å². The standard InChI is InChI=1S/C23H18F6N4O3S/c24-14-2-3-19(16(25)7-14)37(35,36)15-8-18(22(30)34)33(11-15)10-12-5-17(32-21(26)6-12)13-1-4-20(31-9-13)23(27,28)29/h1-7,9,15,18H,8,10-11H2,(H2,30,34). The van der Waals surface area contributed by atoms with Crippen molar-refractivity contribution >= 4 is 15.7 Å². The summed E-state index contributed by atoms with van der Waals surface area (Å²) in [5.41, 5.74) is 4.59. The zero-order valence-electron chi connectivity index (χ0n) is 18.7. The summed E-state index contributed by atoms with van der Waals surface area (Å²) in [5, 5.41) is -1.27. The van der Waals surface area contributed by atoms with Gasteiger partial charge in [0.1, 0.15) is 22.2 Å². The van der Waals surface area contributed by atoms with Crippen LogP contribution in [-0.4, -0.2) is 47.0 Å². The van der Waals surface area contributed by atoms with Crippen LogP contribution >= 0.6 is 0 Å². The van der Waals surface area contributed by atoms with Gasteiger partial charge in [0.2, 0.25) is 11.9 Å². The molecular formula is C23H18F6N4O3S. The van der Waals surface area contributed by atoms with Crippen LogP contribution < -0.4 is 5.73 Å². The number of nitrogens with zero attached hydrogens (tertiary/aromatic N) is 3. The Balaban J connectivity index is 1.60. The second-order valence-corrected chi connectivity index (χ2v) is 10.6. The van der Waals surface area contributed by atoms with E-state index in [-0.39, 0.29) is 36.3 Å². The quantitative estimate of drug-likeness (QED) is 0.290. The molecule has 14 heteroatoms. The fourth-order valence-corrected chi connectivity index (χ4v) is 5.95. The molecule has 1 aromatic carbocycles. The molecule has 4 rings (SSSR count). The molecule has 1 aliphatic rings. The Morgan fingerprint density at radius 3 is 2.41 bits per heavy atom. The van der Waals surface area contributed by atoms with Gasteiger partial charge in [-0.15, -0.1) is 0 Å². The second kappa shape index (κ2) is 9.74. The number of aromatic nitrogens is 2. The first-order chi connectivity index (χ1) is 17.3. The molecule has 2 atom stereocenters. The second-order valence-electron chi connectivity index (χ2n) is 8.44. The van der Waals surface area contributed by atoms with Crippen LogP contribution in [0.2, 0.25) is 0 Å². The molecule has 1 amide bonds. The molecule has 3 heterocycles. The number of carbonyl (C=O) groups excluding carboxylic acids is 1. The maximum Gasteiger partial charge on any atom is 0.433 e. The molecule has 3 aromatic rings. The third-order valence-corrected chi connectivity index (χ3v) is 8.09. The number of sulfone groups is 1. The molecule has 1 fully saturated rings. The fourth-order valence-electron chi connectivity index (χ4n) is 4.18. The first-order valence-corrected chi connectivity index (χ1v) is 12.2. The SMILES string of the molecule is NC(=O)C1CC(S(=O)(=O)c2ccc(F)cc2F)CN1Cc1cc(F)nc(-c2ccc(C(F)(F)F)nc2)c1. The minimum atomic E-state index is -4.66. The van der Waals surface area contributed by atoms with Crippen LogP contribution in [0.3, 0.4) is 0 Å². The molecule has 7 nitrogen and oxygen atoms in total. The molecule has 0 aliphatic carbocycles. The normalized spacial score (nSPS) is 18.8. The van der Waals surface area contributed by atoms with Crippen molar-refractivity contribution in [2.75, 3.05) is 6.54 Å². The summed E-state index contributed by atoms with van der Waals surface area (Å²) in [7, 11) is -4.33. The minimum absolute atomic E-state index is 0.0383. The van der Waals surface area contributed by atoms with E-state index < -0.39 is 61.4 Å². The molecular weight excluding hydrogens is 526 g/mol. The predicted molar refractivity (Wildman–Crippen MR) is 118 cm³/mol. The Morgan fingerprint density at radius 1 is 1.08 bits per heavy atom. The van der Waals surface area contributed by atoms with Crippen molar-refractivity contribution in [3.8, 4) is 11.3 Å². The Hall–Kier alpha value is -3.52. The van der Waals surface area contributed by atoms with Gasteiger partial charge in [-0.25, -0.2) is 22.2 Å². The third kappa shape index (κ3) is 5.59. The zero-order chi connectivity index (χ0) is 27.1. The van der Waals surface area contributed by atoms with E-state index in [0.29, 0.717) is 6.07 Å². The van der Waals surface area contributed by atoms with E-state index >= 15 is 0 Å². The molecule has 1 saturated heterocycles. The van der Waals surface area contributed by atoms with Crippen LogP contribution in [0.4, 0.5) is 26.3 Å². The number of hydrogen-bond donors (Lipinski definition) is 1. The van der Waals surface area contributed by atoms with Crippen molar-refractivity contribution in [2.45, 2.75) is 35.3 Å². The van der Waals surface area contributed by atoms with E-state index in [0.717, 1.165) is 36.5 Å². The minimum Gasteiger partial charge on any atom is -0.368 e. The van der Waals surface area contributed by atoms with Gasteiger partial charge in [0.15, 0.2) is 9.84 Å². The summed E-state index contributed by atoms with van der Waals surface area (Å²) in [5.74, 6) is -4.07. The number of benzene rings is 1. The van der Waals surface area contributed by atoms with E-state index in [2.05, 4.69) is 9.97 Å². The van der Waals surface area contributed by atoms with Crippen molar-refractivity contribution in [2.24, 2.45) is 5.73 Å². The monoisotopic (exact) mass is 544 g/mol. The van der Waals surface area contributed by atoms with Crippen LogP contribution in [0, 0.1) is 17.6 Å². The van der Waals surface area contributed by atoms with Crippen LogP contribution in [-0.2, 0) is 27.4 Å². The van der Waals surface area contributed by atoms with E-state index in [9.17, 15) is 39.6 Å².